The van der Waals surface area contributed by atoms with E-state index in [1.165, 1.54) is 30.3 Å². The minimum absolute atomic E-state index is 0.0232. The molecule has 0 unspecified atom stereocenters. The van der Waals surface area contributed by atoms with Gasteiger partial charge in [-0.1, -0.05) is 23.2 Å². The maximum absolute atomic E-state index is 12.4. The fourth-order valence-corrected chi connectivity index (χ4v) is 2.93. The van der Waals surface area contributed by atoms with Gasteiger partial charge in [-0.15, -0.1) is 0 Å². The molecule has 2 aromatic carbocycles. The lowest BCUT2D eigenvalue weighted by Gasteiger charge is -2.10. The number of hydrogen-bond acceptors (Lipinski definition) is 5. The third-order valence-electron chi connectivity index (χ3n) is 3.58. The summed E-state index contributed by atoms with van der Waals surface area (Å²) in [5.74, 6) is -0.725. The Hall–Kier alpha value is -2.74. The second kappa shape index (κ2) is 7.48. The standard InChI is InChI=1S/C17H9Cl3N2O5/c18-11-6-10(14(23)7-9(11)15-3-4-16(20)27-15)17(24)21-13-2-1-8(22(25)26)5-12(13)19/h1-7,23H,(H,21,24). The average molecular weight is 428 g/mol. The van der Waals surface area contributed by atoms with Crippen molar-refractivity contribution in [1.82, 2.24) is 0 Å². The van der Waals surface area contributed by atoms with E-state index < -0.39 is 10.8 Å². The van der Waals surface area contributed by atoms with Crippen LogP contribution in [0.2, 0.25) is 15.3 Å². The molecule has 0 fully saturated rings. The summed E-state index contributed by atoms with van der Waals surface area (Å²) in [7, 11) is 0. The van der Waals surface area contributed by atoms with Crippen molar-refractivity contribution in [3.8, 4) is 17.1 Å². The van der Waals surface area contributed by atoms with Gasteiger partial charge in [0.1, 0.15) is 11.5 Å². The topological polar surface area (TPSA) is 106 Å². The Bertz CT molecular complexity index is 1060. The number of phenols is 1. The Kier molecular flexibility index (Phi) is 5.27. The van der Waals surface area contributed by atoms with E-state index in [9.17, 15) is 20.0 Å². The molecule has 3 rings (SSSR count). The molecule has 3 aromatic rings. The van der Waals surface area contributed by atoms with Gasteiger partial charge in [0.15, 0.2) is 5.22 Å². The molecule has 0 radical (unpaired) electrons. The van der Waals surface area contributed by atoms with Crippen LogP contribution in [-0.4, -0.2) is 15.9 Å². The predicted octanol–water partition coefficient (Wildman–Crippen LogP) is 5.77. The molecule has 27 heavy (non-hydrogen) atoms. The second-order valence-electron chi connectivity index (χ2n) is 5.33. The van der Waals surface area contributed by atoms with Gasteiger partial charge in [0, 0.05) is 17.7 Å². The van der Waals surface area contributed by atoms with E-state index >= 15 is 0 Å². The Labute approximate surface area is 167 Å². The minimum atomic E-state index is -0.700. The lowest BCUT2D eigenvalue weighted by atomic mass is 10.1. The Morgan fingerprint density at radius 3 is 2.41 bits per heavy atom. The summed E-state index contributed by atoms with van der Waals surface area (Å²) in [6.07, 6.45) is 0. The monoisotopic (exact) mass is 426 g/mol. The number of rotatable bonds is 4. The van der Waals surface area contributed by atoms with E-state index in [0.717, 1.165) is 6.07 Å². The lowest BCUT2D eigenvalue weighted by molar-refractivity contribution is -0.384. The van der Waals surface area contributed by atoms with Gasteiger partial charge >= 0.3 is 0 Å². The number of benzene rings is 2. The van der Waals surface area contributed by atoms with E-state index in [-0.39, 0.29) is 38.0 Å². The number of non-ortho nitro benzene ring substituents is 1. The van der Waals surface area contributed by atoms with Gasteiger partial charge < -0.3 is 14.8 Å². The molecular weight excluding hydrogens is 419 g/mol. The van der Waals surface area contributed by atoms with Crippen LogP contribution < -0.4 is 5.32 Å². The molecule has 7 nitrogen and oxygen atoms in total. The summed E-state index contributed by atoms with van der Waals surface area (Å²) in [4.78, 5) is 22.6. The van der Waals surface area contributed by atoms with Gasteiger partial charge in [-0.2, -0.15) is 0 Å². The number of nitro groups is 1. The number of nitrogens with one attached hydrogen (secondary N) is 1. The van der Waals surface area contributed by atoms with Crippen molar-refractivity contribution in [3.63, 3.8) is 0 Å². The zero-order valence-electron chi connectivity index (χ0n) is 13.2. The average Bonchev–Trinajstić information content (AvgIpc) is 3.04. The number of carbonyl (C=O) groups excluding carboxylic acids is 1. The molecule has 0 aliphatic rings. The van der Waals surface area contributed by atoms with Crippen molar-refractivity contribution < 1.29 is 19.2 Å². The molecular formula is C17H9Cl3N2O5. The summed E-state index contributed by atoms with van der Waals surface area (Å²) < 4.78 is 5.24. The zero-order chi connectivity index (χ0) is 19.7. The first-order valence-electron chi connectivity index (χ1n) is 7.30. The summed E-state index contributed by atoms with van der Waals surface area (Å²) in [6, 6.07) is 9.20. The van der Waals surface area contributed by atoms with Crippen molar-refractivity contribution >= 4 is 52.1 Å². The molecule has 1 heterocycles. The van der Waals surface area contributed by atoms with Gasteiger partial charge in [0.25, 0.3) is 11.6 Å². The second-order valence-corrected chi connectivity index (χ2v) is 6.52. The molecule has 0 saturated heterocycles. The molecule has 10 heteroatoms. The zero-order valence-corrected chi connectivity index (χ0v) is 15.5. The van der Waals surface area contributed by atoms with E-state index in [1.807, 2.05) is 0 Å². The highest BCUT2D eigenvalue weighted by molar-refractivity contribution is 6.35. The molecule has 0 spiro atoms. The first-order chi connectivity index (χ1) is 12.8. The van der Waals surface area contributed by atoms with Crippen LogP contribution in [-0.2, 0) is 0 Å². The molecule has 0 aliphatic carbocycles. The van der Waals surface area contributed by atoms with Crippen LogP contribution in [0.3, 0.4) is 0 Å². The van der Waals surface area contributed by atoms with Gasteiger partial charge in [-0.25, -0.2) is 0 Å². The Morgan fingerprint density at radius 1 is 1.07 bits per heavy atom. The highest BCUT2D eigenvalue weighted by Crippen LogP contribution is 2.36. The number of nitrogens with zero attached hydrogens (tertiary/aromatic N) is 1. The van der Waals surface area contributed by atoms with E-state index in [0.29, 0.717) is 11.3 Å². The number of phenolic OH excluding ortho intramolecular Hbond substituents is 1. The van der Waals surface area contributed by atoms with Crippen molar-refractivity contribution in [3.05, 3.63) is 73.4 Å². The number of aromatic hydroxyl groups is 1. The first-order valence-corrected chi connectivity index (χ1v) is 8.43. The van der Waals surface area contributed by atoms with Gasteiger partial charge in [-0.05, 0) is 41.9 Å². The lowest BCUT2D eigenvalue weighted by Crippen LogP contribution is -2.12. The third kappa shape index (κ3) is 4.00. The largest absolute Gasteiger partial charge is 0.507 e. The SMILES string of the molecule is O=C(Nc1ccc([N+](=O)[O-])cc1Cl)c1cc(Cl)c(-c2ccc(Cl)o2)cc1O. The third-order valence-corrected chi connectivity index (χ3v) is 4.41. The normalized spacial score (nSPS) is 10.6. The summed E-state index contributed by atoms with van der Waals surface area (Å²) in [5.41, 5.74) is 0.164. The van der Waals surface area contributed by atoms with Crippen LogP contribution in [0.4, 0.5) is 11.4 Å². The molecule has 1 aromatic heterocycles. The number of carbonyl (C=O) groups is 1. The molecule has 138 valence electrons. The number of amides is 1. The number of nitro benzene ring substituents is 1. The summed E-state index contributed by atoms with van der Waals surface area (Å²) >= 11 is 17.9. The van der Waals surface area contributed by atoms with Gasteiger partial charge in [0.05, 0.1) is 26.2 Å². The number of furan rings is 1. The molecule has 2 N–H and O–H groups in total. The van der Waals surface area contributed by atoms with Gasteiger partial charge in [-0.3, -0.25) is 14.9 Å². The molecule has 0 aliphatic heterocycles. The van der Waals surface area contributed by atoms with Crippen LogP contribution in [0.1, 0.15) is 10.4 Å². The van der Waals surface area contributed by atoms with Crippen molar-refractivity contribution in [1.29, 1.82) is 0 Å². The van der Waals surface area contributed by atoms with Crippen LogP contribution in [0.25, 0.3) is 11.3 Å². The maximum atomic E-state index is 12.4. The number of anilines is 1. The highest BCUT2D eigenvalue weighted by Gasteiger charge is 2.19. The Morgan fingerprint density at radius 2 is 1.81 bits per heavy atom. The molecule has 0 bridgehead atoms. The highest BCUT2D eigenvalue weighted by atomic mass is 35.5. The summed E-state index contributed by atoms with van der Waals surface area (Å²) in [5, 5.41) is 23.7. The summed E-state index contributed by atoms with van der Waals surface area (Å²) in [6.45, 7) is 0. The predicted molar refractivity (Wildman–Crippen MR) is 102 cm³/mol. The van der Waals surface area contributed by atoms with Crippen molar-refractivity contribution in [2.24, 2.45) is 0 Å². The quantitative estimate of drug-likeness (QED) is 0.406. The van der Waals surface area contributed by atoms with E-state index in [1.54, 1.807) is 6.07 Å². The van der Waals surface area contributed by atoms with Crippen LogP contribution in [0, 0.1) is 10.1 Å². The first kappa shape index (κ1) is 19.0. The van der Waals surface area contributed by atoms with Crippen LogP contribution >= 0.6 is 34.8 Å². The molecule has 1 amide bonds. The smallest absolute Gasteiger partial charge is 0.271 e. The van der Waals surface area contributed by atoms with Gasteiger partial charge in [0.2, 0.25) is 0 Å². The van der Waals surface area contributed by atoms with E-state index in [2.05, 4.69) is 5.32 Å². The van der Waals surface area contributed by atoms with Crippen LogP contribution in [0.5, 0.6) is 5.75 Å². The Balaban J connectivity index is 1.89. The molecule has 0 atom stereocenters. The van der Waals surface area contributed by atoms with E-state index in [4.69, 9.17) is 39.2 Å². The fourth-order valence-electron chi connectivity index (χ4n) is 2.30. The van der Waals surface area contributed by atoms with Crippen molar-refractivity contribution in [2.75, 3.05) is 5.32 Å². The number of hydrogen-bond donors (Lipinski definition) is 2. The maximum Gasteiger partial charge on any atom is 0.271 e. The fraction of sp³-hybridized carbons (Fsp3) is 0. The minimum Gasteiger partial charge on any atom is -0.507 e. The van der Waals surface area contributed by atoms with Crippen molar-refractivity contribution in [2.45, 2.75) is 0 Å². The number of halogens is 3. The molecule has 0 saturated carbocycles. The van der Waals surface area contributed by atoms with Crippen LogP contribution in [0.15, 0.2) is 46.9 Å².